The van der Waals surface area contributed by atoms with E-state index in [1.165, 1.54) is 19.1 Å². The predicted molar refractivity (Wildman–Crippen MR) is 119 cm³/mol. The number of aliphatic hydroxyl groups is 1. The average Bonchev–Trinajstić information content (AvgIpc) is 2.99. The first kappa shape index (κ1) is 24.8. The number of alkyl halides is 2. The number of fused-ring (bicyclic) bond motifs is 5. The summed E-state index contributed by atoms with van der Waals surface area (Å²) < 4.78 is 43.9. The van der Waals surface area contributed by atoms with Crippen LogP contribution in [0.15, 0.2) is 36.5 Å². The highest BCUT2D eigenvalue weighted by Gasteiger charge is 2.78. The number of ketones is 1. The molecule has 9 atom stereocenters. The van der Waals surface area contributed by atoms with Crippen LogP contribution in [0.4, 0.5) is 8.78 Å². The smallest absolute Gasteiger partial charge is 0.351 e. The van der Waals surface area contributed by atoms with Crippen LogP contribution in [0.1, 0.15) is 47.0 Å². The van der Waals surface area contributed by atoms with Crippen molar-refractivity contribution in [1.29, 1.82) is 0 Å². The molecular weight excluding hydrogens is 446 g/mol. The maximum atomic E-state index is 17.2. The van der Waals surface area contributed by atoms with Crippen LogP contribution in [0.5, 0.6) is 0 Å². The van der Waals surface area contributed by atoms with E-state index < -0.39 is 69.9 Å². The molecule has 0 heterocycles. The molecule has 34 heavy (non-hydrogen) atoms. The van der Waals surface area contributed by atoms with Gasteiger partial charge in [0.05, 0.1) is 12.7 Å². The number of hydrogen-bond acceptors (Lipinski definition) is 6. The van der Waals surface area contributed by atoms with Crippen molar-refractivity contribution >= 4 is 17.7 Å². The van der Waals surface area contributed by atoms with Crippen LogP contribution in [0, 0.1) is 28.6 Å². The molecule has 3 fully saturated rings. The molecule has 2 unspecified atom stereocenters. The van der Waals surface area contributed by atoms with Crippen LogP contribution in [0.3, 0.4) is 0 Å². The highest BCUT2D eigenvalue weighted by atomic mass is 19.1. The predicted octanol–water partition coefficient (Wildman–Crippen LogP) is 3.58. The third kappa shape index (κ3) is 2.84. The summed E-state index contributed by atoms with van der Waals surface area (Å²) in [6.45, 7) is 10.0. The molecule has 186 valence electrons. The quantitative estimate of drug-likeness (QED) is 0.491. The second kappa shape index (κ2) is 7.83. The Bertz CT molecular complexity index is 1010. The van der Waals surface area contributed by atoms with E-state index in [0.717, 1.165) is 12.2 Å². The lowest BCUT2D eigenvalue weighted by Gasteiger charge is -2.63. The summed E-state index contributed by atoms with van der Waals surface area (Å²) in [6, 6.07) is 0. The van der Waals surface area contributed by atoms with Crippen molar-refractivity contribution in [3.8, 4) is 0 Å². The van der Waals surface area contributed by atoms with Gasteiger partial charge in [-0.1, -0.05) is 26.5 Å². The summed E-state index contributed by atoms with van der Waals surface area (Å²) >= 11 is 0. The molecule has 0 aromatic heterocycles. The molecule has 4 aliphatic carbocycles. The largest absolute Gasteiger partial charge is 0.463 e. The number of carbonyl (C=O) groups excluding carboxylic acids is 3. The monoisotopic (exact) mass is 478 g/mol. The van der Waals surface area contributed by atoms with Crippen LogP contribution in [-0.4, -0.2) is 53.0 Å². The van der Waals surface area contributed by atoms with Crippen molar-refractivity contribution in [2.24, 2.45) is 28.6 Å². The Morgan fingerprint density at radius 3 is 2.59 bits per heavy atom. The molecule has 0 amide bonds. The summed E-state index contributed by atoms with van der Waals surface area (Å²) in [6.07, 6.45) is 1.27. The van der Waals surface area contributed by atoms with Gasteiger partial charge in [-0.2, -0.15) is 0 Å². The van der Waals surface area contributed by atoms with Gasteiger partial charge in [0.15, 0.2) is 11.5 Å². The number of rotatable bonds is 4. The van der Waals surface area contributed by atoms with Crippen LogP contribution < -0.4 is 0 Å². The second-order valence-corrected chi connectivity index (χ2v) is 10.6. The van der Waals surface area contributed by atoms with Gasteiger partial charge in [0.25, 0.3) is 0 Å². The fourth-order valence-electron chi connectivity index (χ4n) is 7.66. The normalized spacial score (nSPS) is 47.1. The van der Waals surface area contributed by atoms with E-state index >= 15 is 8.78 Å². The lowest BCUT2D eigenvalue weighted by Crippen LogP contribution is -2.71. The number of esters is 2. The second-order valence-electron chi connectivity index (χ2n) is 10.6. The number of allylic oxidation sites excluding steroid dienone is 4. The van der Waals surface area contributed by atoms with Crippen molar-refractivity contribution in [1.82, 2.24) is 0 Å². The molecule has 6 nitrogen and oxygen atoms in total. The third-order valence-corrected chi connectivity index (χ3v) is 9.18. The van der Waals surface area contributed by atoms with Crippen LogP contribution in [-0.2, 0) is 23.9 Å². The topological polar surface area (TPSA) is 89.9 Å². The lowest BCUT2D eigenvalue weighted by atomic mass is 9.44. The molecule has 0 spiro atoms. The van der Waals surface area contributed by atoms with E-state index in [0.29, 0.717) is 0 Å². The maximum Gasteiger partial charge on any atom is 0.351 e. The molecule has 0 aromatic rings. The number of hydrogen-bond donors (Lipinski definition) is 1. The van der Waals surface area contributed by atoms with Crippen molar-refractivity contribution < 1.29 is 37.7 Å². The van der Waals surface area contributed by atoms with Crippen LogP contribution >= 0.6 is 0 Å². The Labute approximate surface area is 198 Å². The zero-order valence-corrected chi connectivity index (χ0v) is 20.0. The fourth-order valence-corrected chi connectivity index (χ4v) is 7.66. The zero-order valence-electron chi connectivity index (χ0n) is 20.0. The van der Waals surface area contributed by atoms with E-state index in [1.54, 1.807) is 20.8 Å². The van der Waals surface area contributed by atoms with Gasteiger partial charge in [-0.3, -0.25) is 4.79 Å². The summed E-state index contributed by atoms with van der Waals surface area (Å²) in [7, 11) is 0. The molecule has 0 saturated heterocycles. The van der Waals surface area contributed by atoms with Crippen molar-refractivity contribution in [3.05, 3.63) is 36.5 Å². The van der Waals surface area contributed by atoms with Crippen molar-refractivity contribution in [3.63, 3.8) is 0 Å². The molecule has 0 aliphatic heterocycles. The first-order valence-corrected chi connectivity index (χ1v) is 11.8. The number of aliphatic hydroxyl groups excluding tert-OH is 1. The van der Waals surface area contributed by atoms with Crippen molar-refractivity contribution in [2.45, 2.75) is 70.5 Å². The van der Waals surface area contributed by atoms with Gasteiger partial charge in [-0.05, 0) is 56.8 Å². The van der Waals surface area contributed by atoms with Gasteiger partial charge in [0.1, 0.15) is 6.17 Å². The maximum absolute atomic E-state index is 17.2. The molecule has 3 saturated carbocycles. The highest BCUT2D eigenvalue weighted by molar-refractivity contribution is 6.01. The first-order chi connectivity index (χ1) is 15.8. The summed E-state index contributed by atoms with van der Waals surface area (Å²) in [5.41, 5.74) is -6.79. The average molecular weight is 479 g/mol. The van der Waals surface area contributed by atoms with Crippen molar-refractivity contribution in [2.75, 3.05) is 6.61 Å². The fraction of sp³-hybridized carbons (Fsp3) is 0.654. The minimum Gasteiger partial charge on any atom is -0.463 e. The van der Waals surface area contributed by atoms with Gasteiger partial charge in [0, 0.05) is 28.7 Å². The number of carbonyl (C=O) groups is 3. The van der Waals surface area contributed by atoms with Gasteiger partial charge in [-0.15, -0.1) is 0 Å². The molecule has 0 aromatic carbocycles. The van der Waals surface area contributed by atoms with E-state index in [9.17, 15) is 19.5 Å². The standard InChI is InChI=1S/C26H32F2O6/c1-6-21(31)34-26(22(32)33-7-2)14(3)10-16-17-12-19(27)18-11-15(29)8-9-23(18,4)25(17,28)20(30)13-24(16,26)5/h6,8-9,11,14,16-17,19-20,30H,1,7,10,12-13H2,2-5H3/t14-,16?,17?,19+,20+,23+,24+,25+,26+/m1/s1. The van der Waals surface area contributed by atoms with Crippen LogP contribution in [0.2, 0.25) is 0 Å². The third-order valence-electron chi connectivity index (χ3n) is 9.18. The molecule has 8 heteroatoms. The summed E-state index contributed by atoms with van der Waals surface area (Å²) in [5.74, 6) is -4.17. The van der Waals surface area contributed by atoms with Gasteiger partial charge < -0.3 is 14.6 Å². The molecule has 0 bridgehead atoms. The molecule has 4 rings (SSSR count). The minimum absolute atomic E-state index is 0.0298. The molecule has 0 radical (unpaired) electrons. The highest BCUT2D eigenvalue weighted by Crippen LogP contribution is 2.71. The van der Waals surface area contributed by atoms with Gasteiger partial charge >= 0.3 is 11.9 Å². The molecule has 4 aliphatic rings. The number of halogens is 2. The van der Waals surface area contributed by atoms with E-state index in [1.807, 2.05) is 0 Å². The Hall–Kier alpha value is -2.35. The number of ether oxygens (including phenoxy) is 2. The Morgan fingerprint density at radius 1 is 1.29 bits per heavy atom. The Morgan fingerprint density at radius 2 is 1.97 bits per heavy atom. The van der Waals surface area contributed by atoms with E-state index in [-0.39, 0.29) is 31.4 Å². The minimum atomic E-state index is -2.28. The summed E-state index contributed by atoms with van der Waals surface area (Å²) in [5, 5.41) is 11.4. The Kier molecular flexibility index (Phi) is 5.71. The molecular formula is C26H32F2O6. The lowest BCUT2D eigenvalue weighted by molar-refractivity contribution is -0.237. The Balaban J connectivity index is 1.88. The zero-order chi connectivity index (χ0) is 25.3. The summed E-state index contributed by atoms with van der Waals surface area (Å²) in [4.78, 5) is 37.7. The molecule has 1 N–H and O–H groups in total. The van der Waals surface area contributed by atoms with Crippen LogP contribution in [0.25, 0.3) is 0 Å². The SMILES string of the molecule is C=CC(=O)O[C@]1(C(=O)OCC)[C@H](C)CC2C3C[C@H](F)C4=CC(=O)C=C[C@]4(C)[C@@]3(F)[C@@H](O)C[C@@]21C. The van der Waals surface area contributed by atoms with E-state index in [4.69, 9.17) is 9.47 Å². The van der Waals surface area contributed by atoms with E-state index in [2.05, 4.69) is 6.58 Å². The van der Waals surface area contributed by atoms with Gasteiger partial charge in [0.2, 0.25) is 5.60 Å². The first-order valence-electron chi connectivity index (χ1n) is 11.8. The van der Waals surface area contributed by atoms with Gasteiger partial charge in [-0.25, -0.2) is 18.4 Å².